The summed E-state index contributed by atoms with van der Waals surface area (Å²) >= 11 is 2.16. The van der Waals surface area contributed by atoms with Crippen LogP contribution in [0.5, 0.6) is 0 Å². The molecule has 4 atom stereocenters. The first-order valence-corrected chi connectivity index (χ1v) is 21.7. The van der Waals surface area contributed by atoms with Gasteiger partial charge in [-0.3, -0.25) is 0 Å². The number of allylic oxidation sites excluding steroid dienone is 5. The van der Waals surface area contributed by atoms with Gasteiger partial charge in [-0.05, 0) is 64.8 Å². The van der Waals surface area contributed by atoms with Crippen LogP contribution in [0.25, 0.3) is 33.1 Å². The van der Waals surface area contributed by atoms with Gasteiger partial charge >= 0.3 is 0 Å². The minimum atomic E-state index is -0.397. The molecule has 2 aliphatic carbocycles. The van der Waals surface area contributed by atoms with Gasteiger partial charge in [-0.2, -0.15) is 11.8 Å². The summed E-state index contributed by atoms with van der Waals surface area (Å²) < 4.78 is 7.01. The topological polar surface area (TPSA) is 49.9 Å². The van der Waals surface area contributed by atoms with Gasteiger partial charge in [-0.1, -0.05) is 170 Å². The van der Waals surface area contributed by atoms with E-state index in [4.69, 9.17) is 14.4 Å². The number of amidine groups is 2. The Kier molecular flexibility index (Phi) is 9.04. The summed E-state index contributed by atoms with van der Waals surface area (Å²) in [5.41, 5.74) is 14.4. The average Bonchev–Trinajstić information content (AvgIpc) is 3.58. The number of benzene rings is 6. The second-order valence-electron chi connectivity index (χ2n) is 15.8. The highest BCUT2D eigenvalue weighted by atomic mass is 32.2. The quantitative estimate of drug-likeness (QED) is 0.183. The molecule has 0 amide bonds. The van der Waals surface area contributed by atoms with E-state index in [2.05, 4.69) is 163 Å². The third-order valence-electron chi connectivity index (χ3n) is 12.4. The van der Waals surface area contributed by atoms with Crippen LogP contribution in [0.2, 0.25) is 0 Å². The molecule has 0 radical (unpaired) electrons. The molecule has 4 aliphatic rings. The molecule has 3 heterocycles. The number of furan rings is 1. The lowest BCUT2D eigenvalue weighted by atomic mass is 9.77. The number of aryl methyl sites for hydroxylation is 1. The van der Waals surface area contributed by atoms with Crippen LogP contribution < -0.4 is 5.32 Å². The lowest BCUT2D eigenvalue weighted by molar-refractivity contribution is 0.610. The van der Waals surface area contributed by atoms with E-state index in [0.29, 0.717) is 17.0 Å². The second kappa shape index (κ2) is 15.0. The second-order valence-corrected chi connectivity index (χ2v) is 17.0. The molecule has 4 unspecified atom stereocenters. The Labute approximate surface area is 343 Å². The summed E-state index contributed by atoms with van der Waals surface area (Å²) in [6, 6.07) is 51.6. The van der Waals surface area contributed by atoms with Crippen molar-refractivity contribution in [1.29, 1.82) is 0 Å². The lowest BCUT2D eigenvalue weighted by Crippen LogP contribution is -2.33. The van der Waals surface area contributed by atoms with Gasteiger partial charge < -0.3 is 9.73 Å². The highest BCUT2D eigenvalue weighted by Crippen LogP contribution is 2.48. The molecule has 11 rings (SSSR count). The van der Waals surface area contributed by atoms with E-state index in [0.717, 1.165) is 69.3 Å². The van der Waals surface area contributed by atoms with Gasteiger partial charge in [0.1, 0.15) is 17.0 Å². The summed E-state index contributed by atoms with van der Waals surface area (Å²) in [6.45, 7) is 0. The van der Waals surface area contributed by atoms with Crippen molar-refractivity contribution in [3.8, 4) is 11.1 Å². The van der Waals surface area contributed by atoms with E-state index in [1.165, 1.54) is 34.4 Å². The zero-order valence-corrected chi connectivity index (χ0v) is 33.0. The smallest absolute Gasteiger partial charge is 0.159 e. The number of hydrogen-bond acceptors (Lipinski definition) is 5. The number of nitrogens with zero attached hydrogens (tertiary/aromatic N) is 2. The monoisotopic (exact) mass is 769 g/mol. The minimum Gasteiger partial charge on any atom is -0.455 e. The number of fused-ring (bicyclic) bond motifs is 6. The van der Waals surface area contributed by atoms with Gasteiger partial charge in [0.05, 0.1) is 0 Å². The van der Waals surface area contributed by atoms with Crippen LogP contribution in [-0.4, -0.2) is 22.7 Å². The first kappa shape index (κ1) is 35.0. The molecule has 2 aliphatic heterocycles. The zero-order chi connectivity index (χ0) is 38.4. The fourth-order valence-corrected chi connectivity index (χ4v) is 11.0. The predicted molar refractivity (Wildman–Crippen MR) is 242 cm³/mol. The summed E-state index contributed by atoms with van der Waals surface area (Å²) in [7, 11) is 0. The molecule has 0 saturated heterocycles. The van der Waals surface area contributed by atoms with Gasteiger partial charge in [0, 0.05) is 50.1 Å². The normalized spacial score (nSPS) is 21.5. The first-order valence-electron chi connectivity index (χ1n) is 20.6. The molecule has 7 aromatic rings. The number of para-hydroxylation sites is 2. The van der Waals surface area contributed by atoms with Gasteiger partial charge in [-0.15, -0.1) is 0 Å². The van der Waals surface area contributed by atoms with E-state index >= 15 is 0 Å². The number of aliphatic imine (C=N–C) groups is 2. The molecular formula is C53H43N3OS. The maximum Gasteiger partial charge on any atom is 0.159 e. The van der Waals surface area contributed by atoms with Crippen LogP contribution >= 0.6 is 11.8 Å². The van der Waals surface area contributed by atoms with E-state index in [9.17, 15) is 0 Å². The maximum absolute atomic E-state index is 7.01. The van der Waals surface area contributed by atoms with Crippen molar-refractivity contribution in [2.75, 3.05) is 5.75 Å². The maximum atomic E-state index is 7.01. The molecule has 4 nitrogen and oxygen atoms in total. The van der Waals surface area contributed by atoms with Crippen molar-refractivity contribution < 1.29 is 4.42 Å². The van der Waals surface area contributed by atoms with E-state index in [1.807, 2.05) is 24.3 Å². The van der Waals surface area contributed by atoms with Crippen molar-refractivity contribution >= 4 is 45.4 Å². The molecule has 0 fully saturated rings. The number of nitrogens with one attached hydrogen (secondary N) is 1. The fourth-order valence-electron chi connectivity index (χ4n) is 9.49. The molecule has 6 aromatic carbocycles. The third-order valence-corrected chi connectivity index (χ3v) is 13.8. The Morgan fingerprint density at radius 1 is 0.621 bits per heavy atom. The molecular weight excluding hydrogens is 727 g/mol. The van der Waals surface area contributed by atoms with Gasteiger partial charge in [0.2, 0.25) is 0 Å². The highest BCUT2D eigenvalue weighted by Gasteiger charge is 2.34. The molecule has 5 heteroatoms. The Balaban J connectivity index is 0.920. The van der Waals surface area contributed by atoms with Crippen LogP contribution in [0.3, 0.4) is 0 Å². The SMILES string of the molecule is C1=CC(c2cccc3c2oc2c(C4N=C(c5ccc(-c6ccccc6)cc5)N=C(c5ccccc5)N4)cccc23)CC=C1C1=CCCC2c3ccccc3CCSC12. The van der Waals surface area contributed by atoms with Crippen molar-refractivity contribution in [2.45, 2.75) is 48.9 Å². The summed E-state index contributed by atoms with van der Waals surface area (Å²) in [4.78, 5) is 10.3. The van der Waals surface area contributed by atoms with Gasteiger partial charge in [-0.25, -0.2) is 9.98 Å². The molecule has 282 valence electrons. The van der Waals surface area contributed by atoms with Crippen LogP contribution in [0, 0.1) is 0 Å². The molecule has 0 spiro atoms. The van der Waals surface area contributed by atoms with Crippen LogP contribution in [0.4, 0.5) is 0 Å². The molecule has 1 aromatic heterocycles. The van der Waals surface area contributed by atoms with Gasteiger partial charge in [0.25, 0.3) is 0 Å². The van der Waals surface area contributed by atoms with E-state index in [1.54, 1.807) is 11.1 Å². The Bertz CT molecular complexity index is 2830. The first-order chi connectivity index (χ1) is 28.7. The third kappa shape index (κ3) is 6.35. The Morgan fingerprint density at radius 2 is 1.29 bits per heavy atom. The summed E-state index contributed by atoms with van der Waals surface area (Å²) in [6.07, 6.45) is 13.9. The molecule has 0 bridgehead atoms. The number of hydrogen-bond donors (Lipinski definition) is 1. The molecule has 58 heavy (non-hydrogen) atoms. The predicted octanol–water partition coefficient (Wildman–Crippen LogP) is 12.9. The Morgan fingerprint density at radius 3 is 2.07 bits per heavy atom. The summed E-state index contributed by atoms with van der Waals surface area (Å²) in [5.74, 6) is 3.47. The van der Waals surface area contributed by atoms with E-state index < -0.39 is 6.17 Å². The molecule has 1 N–H and O–H groups in total. The van der Waals surface area contributed by atoms with E-state index in [-0.39, 0.29) is 5.92 Å². The van der Waals surface area contributed by atoms with Crippen LogP contribution in [-0.2, 0) is 6.42 Å². The lowest BCUT2D eigenvalue weighted by Gasteiger charge is -2.33. The van der Waals surface area contributed by atoms with Crippen molar-refractivity contribution in [3.63, 3.8) is 0 Å². The van der Waals surface area contributed by atoms with Crippen molar-refractivity contribution in [3.05, 3.63) is 214 Å². The standard InChI is InChI=1S/C53H43N3OS/c1-3-12-34(13-4-1)35-24-30-40(31-25-35)52-54-51(39-15-5-2-6-16-39)55-53(56-52)47-23-11-21-45-44-20-9-18-42(48(44)57-49(45)47)37-26-28-38(29-27-37)43-19-10-22-46-41-17-8-7-14-36(41)32-33-58-50(43)46/h1-9,11-21,23-26,28-31,37,46,50,53H,10,22,27,32-33H2,(H,54,55,56). The highest BCUT2D eigenvalue weighted by molar-refractivity contribution is 8.00. The number of rotatable bonds is 6. The largest absolute Gasteiger partial charge is 0.455 e. The van der Waals surface area contributed by atoms with Crippen molar-refractivity contribution in [2.24, 2.45) is 9.98 Å². The van der Waals surface area contributed by atoms with Crippen molar-refractivity contribution in [1.82, 2.24) is 5.32 Å². The Hall–Kier alpha value is -6.17. The van der Waals surface area contributed by atoms with Crippen LogP contribution in [0.1, 0.15) is 70.6 Å². The average molecular weight is 770 g/mol. The fraction of sp³-hybridized carbons (Fsp3) is 0.170. The summed E-state index contributed by atoms with van der Waals surface area (Å²) in [5, 5.41) is 6.43. The molecule has 0 saturated carbocycles. The number of thioether (sulfide) groups is 1. The minimum absolute atomic E-state index is 0.229. The van der Waals surface area contributed by atoms with Gasteiger partial charge in [0.15, 0.2) is 12.0 Å². The van der Waals surface area contributed by atoms with Crippen LogP contribution in [0.15, 0.2) is 195 Å². The zero-order valence-electron chi connectivity index (χ0n) is 32.2.